The van der Waals surface area contributed by atoms with Crippen LogP contribution in [-0.2, 0) is 0 Å². The van der Waals surface area contributed by atoms with E-state index in [1.165, 1.54) is 0 Å². The second-order valence-corrected chi connectivity index (χ2v) is 5.99. The van der Waals surface area contributed by atoms with Crippen molar-refractivity contribution in [3.05, 3.63) is 47.6 Å². The van der Waals surface area contributed by atoms with Gasteiger partial charge in [0.25, 0.3) is 0 Å². The van der Waals surface area contributed by atoms with Gasteiger partial charge in [0.1, 0.15) is 11.5 Å². The minimum absolute atomic E-state index is 0.742. The lowest BCUT2D eigenvalue weighted by molar-refractivity contribution is 0.392. The van der Waals surface area contributed by atoms with Crippen LogP contribution in [0.25, 0.3) is 10.9 Å². The number of nitrogens with one attached hydrogen (secondary N) is 1. The second-order valence-electron chi connectivity index (χ2n) is 4.47. The number of hydrogen-bond donors (Lipinski definition) is 1. The Labute approximate surface area is 132 Å². The van der Waals surface area contributed by atoms with Gasteiger partial charge >= 0.3 is 0 Å². The van der Waals surface area contributed by atoms with Crippen molar-refractivity contribution in [1.29, 1.82) is 0 Å². The first-order valence-corrected chi connectivity index (χ1v) is 7.57. The normalized spacial score (nSPS) is 10.8. The van der Waals surface area contributed by atoms with Gasteiger partial charge < -0.3 is 14.5 Å². The number of rotatable bonds is 4. The lowest BCUT2D eigenvalue weighted by atomic mass is 10.2. The highest BCUT2D eigenvalue weighted by atomic mass is 35.5. The summed E-state index contributed by atoms with van der Waals surface area (Å²) in [6.07, 6.45) is 1.97. The summed E-state index contributed by atoms with van der Waals surface area (Å²) < 4.78 is 10.6. The van der Waals surface area contributed by atoms with Gasteiger partial charge in [-0.25, -0.2) is 0 Å². The smallest absolute Gasteiger partial charge is 0.123 e. The van der Waals surface area contributed by atoms with Gasteiger partial charge in [0.2, 0.25) is 0 Å². The van der Waals surface area contributed by atoms with E-state index in [9.17, 15) is 0 Å². The summed E-state index contributed by atoms with van der Waals surface area (Å²) >= 11 is 7.93. The number of ether oxygens (including phenoxy) is 2. The molecule has 0 aliphatic carbocycles. The molecule has 0 fully saturated rings. The Balaban J connectivity index is 2.02. The molecule has 1 aromatic heterocycles. The fraction of sp³-hybridized carbons (Fsp3) is 0.125. The Bertz CT molecular complexity index is 763. The van der Waals surface area contributed by atoms with Crippen molar-refractivity contribution < 1.29 is 9.47 Å². The molecular weight excluding hydrogens is 306 g/mol. The third-order valence-electron chi connectivity index (χ3n) is 3.17. The minimum Gasteiger partial charge on any atom is -0.497 e. The zero-order chi connectivity index (χ0) is 14.8. The van der Waals surface area contributed by atoms with E-state index >= 15 is 0 Å². The fourth-order valence-electron chi connectivity index (χ4n) is 2.16. The number of benzene rings is 2. The summed E-state index contributed by atoms with van der Waals surface area (Å²) in [6.45, 7) is 0. The first-order chi connectivity index (χ1) is 10.2. The van der Waals surface area contributed by atoms with Gasteiger partial charge in [-0.15, -0.1) is 0 Å². The Morgan fingerprint density at radius 3 is 2.43 bits per heavy atom. The molecule has 0 atom stereocenters. The Kier molecular flexibility index (Phi) is 3.99. The molecule has 21 heavy (non-hydrogen) atoms. The van der Waals surface area contributed by atoms with Crippen LogP contribution in [0, 0.1) is 0 Å². The molecular formula is C16H14ClNO2S. The lowest BCUT2D eigenvalue weighted by Crippen LogP contribution is -1.87. The number of halogens is 1. The highest BCUT2D eigenvalue weighted by Gasteiger charge is 2.10. The van der Waals surface area contributed by atoms with E-state index in [2.05, 4.69) is 4.98 Å². The van der Waals surface area contributed by atoms with E-state index in [1.807, 2.05) is 42.6 Å². The molecule has 1 N–H and O–H groups in total. The van der Waals surface area contributed by atoms with E-state index in [1.54, 1.807) is 26.0 Å². The molecule has 3 nitrogen and oxygen atoms in total. The maximum Gasteiger partial charge on any atom is 0.123 e. The van der Waals surface area contributed by atoms with Crippen molar-refractivity contribution in [3.63, 3.8) is 0 Å². The lowest BCUT2D eigenvalue weighted by Gasteiger charge is -2.08. The standard InChI is InChI=1S/C16H14ClNO2S/c1-19-10-6-11(20-2)8-12(7-10)21-15-9-18-14-5-3-4-13(17)16(14)15/h3-9,18H,1-2H3. The van der Waals surface area contributed by atoms with E-state index < -0.39 is 0 Å². The minimum atomic E-state index is 0.742. The molecule has 5 heteroatoms. The molecule has 0 aliphatic heterocycles. The van der Waals surface area contributed by atoms with E-state index in [0.29, 0.717) is 0 Å². The first kappa shape index (κ1) is 14.2. The molecule has 0 amide bonds. The molecule has 0 saturated carbocycles. The molecule has 0 aliphatic rings. The summed E-state index contributed by atoms with van der Waals surface area (Å²) in [6, 6.07) is 11.6. The maximum absolute atomic E-state index is 6.30. The number of aromatic nitrogens is 1. The van der Waals surface area contributed by atoms with Crippen LogP contribution in [0.5, 0.6) is 11.5 Å². The number of fused-ring (bicyclic) bond motifs is 1. The SMILES string of the molecule is COc1cc(OC)cc(Sc2c[nH]c3cccc(Cl)c23)c1. The average Bonchev–Trinajstić information content (AvgIpc) is 2.91. The van der Waals surface area contributed by atoms with Crippen LogP contribution in [0.2, 0.25) is 5.02 Å². The van der Waals surface area contributed by atoms with Crippen molar-refractivity contribution in [2.45, 2.75) is 9.79 Å². The van der Waals surface area contributed by atoms with Crippen LogP contribution in [0.1, 0.15) is 0 Å². The van der Waals surface area contributed by atoms with Crippen LogP contribution in [0.4, 0.5) is 0 Å². The third kappa shape index (κ3) is 2.82. The highest BCUT2D eigenvalue weighted by Crippen LogP contribution is 2.39. The van der Waals surface area contributed by atoms with E-state index in [-0.39, 0.29) is 0 Å². The zero-order valence-corrected chi connectivity index (χ0v) is 13.2. The van der Waals surface area contributed by atoms with Crippen molar-refractivity contribution >= 4 is 34.3 Å². The molecule has 2 aromatic carbocycles. The molecule has 108 valence electrons. The number of H-pyrrole nitrogens is 1. The quantitative estimate of drug-likeness (QED) is 0.735. The molecule has 1 heterocycles. The predicted molar refractivity (Wildman–Crippen MR) is 87.0 cm³/mol. The van der Waals surface area contributed by atoms with Gasteiger partial charge in [-0.05, 0) is 24.3 Å². The Hall–Kier alpha value is -1.78. The number of aromatic amines is 1. The summed E-state index contributed by atoms with van der Waals surface area (Å²) in [5.41, 5.74) is 1.03. The Morgan fingerprint density at radius 2 is 1.76 bits per heavy atom. The maximum atomic E-state index is 6.30. The predicted octanol–water partition coefficient (Wildman–Crippen LogP) is 4.99. The molecule has 0 spiro atoms. The van der Waals surface area contributed by atoms with Crippen LogP contribution < -0.4 is 9.47 Å². The molecule has 0 saturated heterocycles. The van der Waals surface area contributed by atoms with Crippen molar-refractivity contribution in [2.24, 2.45) is 0 Å². The van der Waals surface area contributed by atoms with Crippen LogP contribution in [0.15, 0.2) is 52.4 Å². The molecule has 0 bridgehead atoms. The van der Waals surface area contributed by atoms with Gasteiger partial charge in [0.15, 0.2) is 0 Å². The van der Waals surface area contributed by atoms with Crippen molar-refractivity contribution in [1.82, 2.24) is 4.98 Å². The molecule has 3 aromatic rings. The van der Waals surface area contributed by atoms with Gasteiger partial charge in [-0.1, -0.05) is 29.4 Å². The molecule has 3 rings (SSSR count). The molecule has 0 radical (unpaired) electrons. The van der Waals surface area contributed by atoms with E-state index in [4.69, 9.17) is 21.1 Å². The molecule has 0 unspecified atom stereocenters. The van der Waals surface area contributed by atoms with Gasteiger partial charge in [-0.2, -0.15) is 0 Å². The van der Waals surface area contributed by atoms with Gasteiger partial charge in [-0.3, -0.25) is 0 Å². The largest absolute Gasteiger partial charge is 0.497 e. The van der Waals surface area contributed by atoms with Gasteiger partial charge in [0.05, 0.1) is 19.2 Å². The highest BCUT2D eigenvalue weighted by molar-refractivity contribution is 7.99. The second kappa shape index (κ2) is 5.92. The fourth-order valence-corrected chi connectivity index (χ4v) is 3.53. The zero-order valence-electron chi connectivity index (χ0n) is 11.6. The average molecular weight is 320 g/mol. The van der Waals surface area contributed by atoms with Crippen LogP contribution in [-0.4, -0.2) is 19.2 Å². The number of methoxy groups -OCH3 is 2. The number of hydrogen-bond acceptors (Lipinski definition) is 3. The summed E-state index contributed by atoms with van der Waals surface area (Å²) in [5.74, 6) is 1.53. The third-order valence-corrected chi connectivity index (χ3v) is 4.50. The van der Waals surface area contributed by atoms with Crippen molar-refractivity contribution in [2.75, 3.05) is 14.2 Å². The first-order valence-electron chi connectivity index (χ1n) is 6.38. The summed E-state index contributed by atoms with van der Waals surface area (Å²) in [4.78, 5) is 5.35. The monoisotopic (exact) mass is 319 g/mol. The topological polar surface area (TPSA) is 34.2 Å². The van der Waals surface area contributed by atoms with Crippen molar-refractivity contribution in [3.8, 4) is 11.5 Å². The summed E-state index contributed by atoms with van der Waals surface area (Å²) in [5, 5.41) is 1.78. The Morgan fingerprint density at radius 1 is 1.05 bits per heavy atom. The van der Waals surface area contributed by atoms with Gasteiger partial charge in [0, 0.05) is 33.0 Å². The van der Waals surface area contributed by atoms with Crippen LogP contribution in [0.3, 0.4) is 0 Å². The van der Waals surface area contributed by atoms with Crippen LogP contribution >= 0.6 is 23.4 Å². The van der Waals surface area contributed by atoms with E-state index in [0.717, 1.165) is 37.2 Å². The summed E-state index contributed by atoms with van der Waals surface area (Å²) in [7, 11) is 3.29.